The van der Waals surface area contributed by atoms with Crippen molar-refractivity contribution in [2.45, 2.75) is 32.2 Å². The number of halogens is 2. The van der Waals surface area contributed by atoms with Crippen LogP contribution >= 0.6 is 12.4 Å². The van der Waals surface area contributed by atoms with Gasteiger partial charge in [-0.1, -0.05) is 6.42 Å². The molecule has 21 heavy (non-hydrogen) atoms. The van der Waals surface area contributed by atoms with Gasteiger partial charge in [0, 0.05) is 12.6 Å². The third-order valence-electron chi connectivity index (χ3n) is 3.17. The quantitative estimate of drug-likeness (QED) is 0.801. The van der Waals surface area contributed by atoms with E-state index in [9.17, 15) is 14.0 Å². The van der Waals surface area contributed by atoms with Gasteiger partial charge in [-0.25, -0.2) is 4.39 Å². The Kier molecular flexibility index (Phi) is 6.58. The van der Waals surface area contributed by atoms with E-state index in [1.54, 1.807) is 0 Å². The highest BCUT2D eigenvalue weighted by Crippen LogP contribution is 2.20. The Morgan fingerprint density at radius 2 is 2.05 bits per heavy atom. The van der Waals surface area contributed by atoms with Crippen LogP contribution in [0.25, 0.3) is 0 Å². The molecule has 0 radical (unpaired) electrons. The van der Waals surface area contributed by atoms with Gasteiger partial charge in [0.1, 0.15) is 5.82 Å². The largest absolute Gasteiger partial charge is 0.325 e. The first-order valence-corrected chi connectivity index (χ1v) is 6.67. The van der Waals surface area contributed by atoms with Gasteiger partial charge in [-0.15, -0.1) is 12.4 Å². The van der Waals surface area contributed by atoms with E-state index in [0.29, 0.717) is 5.69 Å². The lowest BCUT2D eigenvalue weighted by atomic mass is 10.0. The van der Waals surface area contributed by atoms with E-state index >= 15 is 0 Å². The van der Waals surface area contributed by atoms with E-state index in [1.165, 1.54) is 25.1 Å². The molecule has 0 saturated carbocycles. The molecule has 0 spiro atoms. The van der Waals surface area contributed by atoms with E-state index in [4.69, 9.17) is 0 Å². The van der Waals surface area contributed by atoms with Gasteiger partial charge < -0.3 is 16.0 Å². The Bertz CT molecular complexity index is 519. The van der Waals surface area contributed by atoms with Gasteiger partial charge in [-0.05, 0) is 37.6 Å². The highest BCUT2D eigenvalue weighted by Gasteiger charge is 2.20. The lowest BCUT2D eigenvalue weighted by Crippen LogP contribution is -2.43. The second kappa shape index (κ2) is 7.95. The van der Waals surface area contributed by atoms with Crippen molar-refractivity contribution >= 4 is 35.6 Å². The molecule has 1 aliphatic rings. The lowest BCUT2D eigenvalue weighted by molar-refractivity contribution is -0.118. The molecule has 1 heterocycles. The predicted octanol–water partition coefficient (Wildman–Crippen LogP) is 2.29. The van der Waals surface area contributed by atoms with Crippen LogP contribution in [-0.4, -0.2) is 24.4 Å². The number of hydrogen-bond acceptors (Lipinski definition) is 3. The molecule has 1 fully saturated rings. The Labute approximate surface area is 129 Å². The molecule has 5 nitrogen and oxygen atoms in total. The molecule has 1 aliphatic heterocycles. The summed E-state index contributed by atoms with van der Waals surface area (Å²) in [6.45, 7) is 2.13. The third-order valence-corrected chi connectivity index (χ3v) is 3.17. The van der Waals surface area contributed by atoms with Gasteiger partial charge in [0.05, 0.1) is 11.7 Å². The summed E-state index contributed by atoms with van der Waals surface area (Å²) < 4.78 is 13.5. The predicted molar refractivity (Wildman–Crippen MR) is 82.2 cm³/mol. The molecule has 1 atom stereocenters. The number of rotatable bonds is 3. The van der Waals surface area contributed by atoms with Gasteiger partial charge in [-0.3, -0.25) is 9.59 Å². The monoisotopic (exact) mass is 315 g/mol. The number of carbonyl (C=O) groups is 2. The minimum atomic E-state index is -0.533. The Hall–Kier alpha value is -1.66. The maximum Gasteiger partial charge on any atom is 0.241 e. The number of anilines is 2. The highest BCUT2D eigenvalue weighted by atomic mass is 35.5. The van der Waals surface area contributed by atoms with Gasteiger partial charge in [0.15, 0.2) is 0 Å². The number of hydrogen-bond donors (Lipinski definition) is 3. The second-order valence-electron chi connectivity index (χ2n) is 4.87. The molecule has 0 aliphatic carbocycles. The summed E-state index contributed by atoms with van der Waals surface area (Å²) >= 11 is 0. The number of nitrogens with one attached hydrogen (secondary N) is 3. The topological polar surface area (TPSA) is 70.2 Å². The summed E-state index contributed by atoms with van der Waals surface area (Å²) in [5.41, 5.74) is 0.527. The van der Waals surface area contributed by atoms with E-state index in [-0.39, 0.29) is 36.0 Å². The van der Waals surface area contributed by atoms with Crippen molar-refractivity contribution in [1.82, 2.24) is 5.32 Å². The molecule has 1 aromatic carbocycles. The Balaban J connectivity index is 0.00000220. The molecule has 2 rings (SSSR count). The van der Waals surface area contributed by atoms with Crippen molar-refractivity contribution in [1.29, 1.82) is 0 Å². The maximum absolute atomic E-state index is 13.5. The zero-order chi connectivity index (χ0) is 14.5. The zero-order valence-corrected chi connectivity index (χ0v) is 12.6. The van der Waals surface area contributed by atoms with Crippen LogP contribution in [0.1, 0.15) is 26.2 Å². The summed E-state index contributed by atoms with van der Waals surface area (Å²) in [5.74, 6) is -1.03. The number of benzene rings is 1. The second-order valence-corrected chi connectivity index (χ2v) is 4.87. The van der Waals surface area contributed by atoms with Crippen molar-refractivity contribution in [2.24, 2.45) is 0 Å². The van der Waals surface area contributed by atoms with Crippen molar-refractivity contribution in [3.05, 3.63) is 24.0 Å². The Morgan fingerprint density at radius 1 is 1.29 bits per heavy atom. The van der Waals surface area contributed by atoms with Crippen LogP contribution in [0, 0.1) is 5.82 Å². The first kappa shape index (κ1) is 17.4. The fraction of sp³-hybridized carbons (Fsp3) is 0.429. The summed E-state index contributed by atoms with van der Waals surface area (Å²) in [6.07, 6.45) is 2.89. The molecule has 0 bridgehead atoms. The van der Waals surface area contributed by atoms with E-state index in [1.807, 2.05) is 0 Å². The summed E-state index contributed by atoms with van der Waals surface area (Å²) in [5, 5.41) is 8.26. The highest BCUT2D eigenvalue weighted by molar-refractivity contribution is 5.96. The fourth-order valence-corrected chi connectivity index (χ4v) is 2.19. The fourth-order valence-electron chi connectivity index (χ4n) is 2.19. The minimum absolute atomic E-state index is 0. The normalized spacial score (nSPS) is 17.5. The average molecular weight is 316 g/mol. The van der Waals surface area contributed by atoms with Gasteiger partial charge in [0.2, 0.25) is 11.8 Å². The third kappa shape index (κ3) is 4.99. The van der Waals surface area contributed by atoms with Crippen molar-refractivity contribution < 1.29 is 14.0 Å². The molecule has 0 aromatic heterocycles. The van der Waals surface area contributed by atoms with Gasteiger partial charge in [0.25, 0.3) is 0 Å². The minimum Gasteiger partial charge on any atom is -0.325 e. The maximum atomic E-state index is 13.5. The van der Waals surface area contributed by atoms with Gasteiger partial charge >= 0.3 is 0 Å². The Morgan fingerprint density at radius 3 is 2.67 bits per heavy atom. The molecule has 1 unspecified atom stereocenters. The number of piperidine rings is 1. The SMILES string of the molecule is CC(=O)Nc1cc(NC(=O)C2CCCCN2)ccc1F.Cl. The van der Waals surface area contributed by atoms with Crippen LogP contribution in [-0.2, 0) is 9.59 Å². The van der Waals surface area contributed by atoms with Crippen molar-refractivity contribution in [2.75, 3.05) is 17.2 Å². The standard InChI is InChI=1S/C14H18FN3O2.ClH/c1-9(19)17-13-8-10(5-6-11(13)15)18-14(20)12-4-2-3-7-16-12;/h5-6,8,12,16H,2-4,7H2,1H3,(H,17,19)(H,18,20);1H. The number of amides is 2. The van der Waals surface area contributed by atoms with Crippen LogP contribution in [0.2, 0.25) is 0 Å². The smallest absolute Gasteiger partial charge is 0.241 e. The summed E-state index contributed by atoms with van der Waals surface area (Å²) in [6, 6.07) is 3.90. The van der Waals surface area contributed by atoms with Crippen molar-refractivity contribution in [3.8, 4) is 0 Å². The first-order valence-electron chi connectivity index (χ1n) is 6.67. The molecule has 116 valence electrons. The molecular formula is C14H19ClFN3O2. The zero-order valence-electron chi connectivity index (χ0n) is 11.7. The first-order chi connectivity index (χ1) is 9.56. The summed E-state index contributed by atoms with van der Waals surface area (Å²) in [7, 11) is 0. The van der Waals surface area contributed by atoms with E-state index in [2.05, 4.69) is 16.0 Å². The van der Waals surface area contributed by atoms with E-state index in [0.717, 1.165) is 25.8 Å². The molecule has 1 aromatic rings. The summed E-state index contributed by atoms with van der Waals surface area (Å²) in [4.78, 5) is 23.0. The van der Waals surface area contributed by atoms with Crippen LogP contribution in [0.3, 0.4) is 0 Å². The molecule has 7 heteroatoms. The molecule has 1 saturated heterocycles. The van der Waals surface area contributed by atoms with E-state index < -0.39 is 5.82 Å². The van der Waals surface area contributed by atoms with Crippen molar-refractivity contribution in [3.63, 3.8) is 0 Å². The number of carbonyl (C=O) groups excluding carboxylic acids is 2. The molecule has 3 N–H and O–H groups in total. The molecular weight excluding hydrogens is 297 g/mol. The van der Waals surface area contributed by atoms with Crippen LogP contribution in [0.15, 0.2) is 18.2 Å². The molecule has 2 amide bonds. The van der Waals surface area contributed by atoms with Gasteiger partial charge in [-0.2, -0.15) is 0 Å². The average Bonchev–Trinajstić information content (AvgIpc) is 2.43. The van der Waals surface area contributed by atoms with Crippen LogP contribution in [0.5, 0.6) is 0 Å². The van der Waals surface area contributed by atoms with Crippen LogP contribution in [0.4, 0.5) is 15.8 Å². The van der Waals surface area contributed by atoms with Crippen LogP contribution < -0.4 is 16.0 Å². The lowest BCUT2D eigenvalue weighted by Gasteiger charge is -2.22.